The van der Waals surface area contributed by atoms with E-state index in [1.165, 1.54) is 0 Å². The van der Waals surface area contributed by atoms with Crippen LogP contribution in [-0.4, -0.2) is 56.8 Å². The lowest BCUT2D eigenvalue weighted by Crippen LogP contribution is -2.40. The van der Waals surface area contributed by atoms with Gasteiger partial charge in [-0.1, -0.05) is 12.1 Å². The average Bonchev–Trinajstić information content (AvgIpc) is 3.47. The first-order valence-electron chi connectivity index (χ1n) is 11.1. The van der Waals surface area contributed by atoms with Gasteiger partial charge in [-0.25, -0.2) is 4.98 Å². The van der Waals surface area contributed by atoms with Gasteiger partial charge in [0.25, 0.3) is 0 Å². The molecule has 8 heteroatoms. The lowest BCUT2D eigenvalue weighted by Gasteiger charge is -2.29. The number of hydrogen-bond acceptors (Lipinski definition) is 6. The van der Waals surface area contributed by atoms with Gasteiger partial charge in [0.1, 0.15) is 23.5 Å². The number of aromatic nitrogens is 3. The number of rotatable bonds is 6. The molecule has 8 nitrogen and oxygen atoms in total. The quantitative estimate of drug-likeness (QED) is 0.486. The highest BCUT2D eigenvalue weighted by Gasteiger charge is 2.23. The lowest BCUT2D eigenvalue weighted by atomic mass is 10.1. The number of methoxy groups -OCH3 is 1. The van der Waals surface area contributed by atoms with Crippen molar-refractivity contribution in [3.8, 4) is 23.0 Å². The maximum Gasteiger partial charge on any atom is 0.308 e. The third-order valence-corrected chi connectivity index (χ3v) is 6.09. The number of nitrogens with zero attached hydrogens (tertiary/aromatic N) is 4. The monoisotopic (exact) mass is 446 g/mol. The van der Waals surface area contributed by atoms with Crippen LogP contribution < -0.4 is 4.74 Å². The van der Waals surface area contributed by atoms with Crippen LogP contribution in [0, 0.1) is 0 Å². The summed E-state index contributed by atoms with van der Waals surface area (Å²) in [4.78, 5) is 23.8. The summed E-state index contributed by atoms with van der Waals surface area (Å²) in [6.45, 7) is 1.18. The zero-order valence-corrected chi connectivity index (χ0v) is 18.5. The third kappa shape index (κ3) is 4.34. The molecule has 1 aliphatic rings. The molecular weight excluding hydrogens is 420 g/mol. The second kappa shape index (κ2) is 9.07. The Morgan fingerprint density at radius 2 is 1.91 bits per heavy atom. The second-order valence-corrected chi connectivity index (χ2v) is 8.21. The number of para-hydroxylation sites is 2. The summed E-state index contributed by atoms with van der Waals surface area (Å²) in [6.07, 6.45) is 3.39. The number of aliphatic hydroxyl groups excluding tert-OH is 1. The van der Waals surface area contributed by atoms with E-state index in [0.717, 1.165) is 22.3 Å². The molecule has 0 aliphatic carbocycles. The molecule has 5 rings (SSSR count). The highest BCUT2D eigenvalue weighted by molar-refractivity contribution is 5.78. The maximum atomic E-state index is 12.8. The Kier molecular flexibility index (Phi) is 5.83. The molecule has 0 bridgehead atoms. The molecular formula is C25H26N4O4. The van der Waals surface area contributed by atoms with Crippen LogP contribution in [0.2, 0.25) is 0 Å². The predicted molar refractivity (Wildman–Crippen MR) is 123 cm³/mol. The highest BCUT2D eigenvalue weighted by atomic mass is 16.5. The number of aliphatic hydroxyl groups is 1. The van der Waals surface area contributed by atoms with Crippen molar-refractivity contribution in [3.05, 3.63) is 60.6 Å². The van der Waals surface area contributed by atoms with E-state index in [0.29, 0.717) is 56.2 Å². The maximum absolute atomic E-state index is 12.8. The van der Waals surface area contributed by atoms with Gasteiger partial charge < -0.3 is 19.2 Å². The SMILES string of the molecule is COc1ccc(-c2nc(-n3cnc4ccccc43)oc2CCC(=O)N2CCC(O)CC2)cc1. The molecule has 1 aliphatic heterocycles. The first-order valence-corrected chi connectivity index (χ1v) is 11.1. The van der Waals surface area contributed by atoms with E-state index in [-0.39, 0.29) is 12.0 Å². The van der Waals surface area contributed by atoms with Gasteiger partial charge in [-0.15, -0.1) is 0 Å². The number of carbonyl (C=O) groups is 1. The zero-order chi connectivity index (χ0) is 22.8. The van der Waals surface area contributed by atoms with E-state index in [9.17, 15) is 9.90 Å². The molecule has 3 heterocycles. The van der Waals surface area contributed by atoms with Gasteiger partial charge in [-0.2, -0.15) is 4.98 Å². The number of ether oxygens (including phenoxy) is 1. The predicted octanol–water partition coefficient (Wildman–Crippen LogP) is 3.61. The zero-order valence-electron chi connectivity index (χ0n) is 18.5. The Morgan fingerprint density at radius 1 is 1.15 bits per heavy atom. The van der Waals surface area contributed by atoms with Gasteiger partial charge in [-0.3, -0.25) is 9.36 Å². The molecule has 1 N–H and O–H groups in total. The molecule has 1 fully saturated rings. The van der Waals surface area contributed by atoms with Crippen LogP contribution in [0.25, 0.3) is 28.3 Å². The Labute approximate surface area is 191 Å². The molecule has 0 radical (unpaired) electrons. The minimum absolute atomic E-state index is 0.0635. The van der Waals surface area contributed by atoms with Crippen molar-refractivity contribution in [3.63, 3.8) is 0 Å². The number of carbonyl (C=O) groups excluding carboxylic acids is 1. The minimum Gasteiger partial charge on any atom is -0.497 e. The van der Waals surface area contributed by atoms with Crippen molar-refractivity contribution in [2.75, 3.05) is 20.2 Å². The molecule has 0 spiro atoms. The van der Waals surface area contributed by atoms with E-state index in [4.69, 9.17) is 14.1 Å². The normalized spacial score (nSPS) is 14.7. The summed E-state index contributed by atoms with van der Waals surface area (Å²) < 4.78 is 13.3. The van der Waals surface area contributed by atoms with Crippen LogP contribution >= 0.6 is 0 Å². The first-order chi connectivity index (χ1) is 16.1. The standard InChI is InChI=1S/C25H26N4O4/c1-32-19-8-6-17(7-9-19)24-22(10-11-23(31)28-14-12-18(30)13-15-28)33-25(27-24)29-16-26-20-4-2-3-5-21(20)29/h2-9,16,18,30H,10-15H2,1H3. The van der Waals surface area contributed by atoms with Crippen molar-refractivity contribution in [1.82, 2.24) is 19.4 Å². The Hall–Kier alpha value is -3.65. The smallest absolute Gasteiger partial charge is 0.308 e. The van der Waals surface area contributed by atoms with Crippen molar-refractivity contribution in [1.29, 1.82) is 0 Å². The summed E-state index contributed by atoms with van der Waals surface area (Å²) in [6, 6.07) is 15.8. The molecule has 170 valence electrons. The van der Waals surface area contributed by atoms with E-state index >= 15 is 0 Å². The number of aryl methyl sites for hydroxylation is 1. The van der Waals surface area contributed by atoms with E-state index in [1.807, 2.05) is 58.0 Å². The molecule has 0 atom stereocenters. The fourth-order valence-electron chi connectivity index (χ4n) is 4.19. The number of hydrogen-bond donors (Lipinski definition) is 1. The molecule has 0 unspecified atom stereocenters. The van der Waals surface area contributed by atoms with Crippen molar-refractivity contribution >= 4 is 16.9 Å². The van der Waals surface area contributed by atoms with Crippen molar-refractivity contribution in [2.24, 2.45) is 0 Å². The van der Waals surface area contributed by atoms with Gasteiger partial charge in [0.2, 0.25) is 5.91 Å². The summed E-state index contributed by atoms with van der Waals surface area (Å²) in [5, 5.41) is 9.71. The Morgan fingerprint density at radius 3 is 2.67 bits per heavy atom. The Balaban J connectivity index is 1.45. The Bertz CT molecular complexity index is 1250. The molecule has 33 heavy (non-hydrogen) atoms. The molecule has 4 aromatic rings. The molecule has 2 aromatic heterocycles. The van der Waals surface area contributed by atoms with Crippen LogP contribution in [-0.2, 0) is 11.2 Å². The lowest BCUT2D eigenvalue weighted by molar-refractivity contribution is -0.133. The number of fused-ring (bicyclic) bond motifs is 1. The first kappa shape index (κ1) is 21.2. The number of benzene rings is 2. The minimum atomic E-state index is -0.308. The van der Waals surface area contributed by atoms with E-state index < -0.39 is 0 Å². The highest BCUT2D eigenvalue weighted by Crippen LogP contribution is 2.30. The van der Waals surface area contributed by atoms with Gasteiger partial charge in [0.05, 0.1) is 24.2 Å². The van der Waals surface area contributed by atoms with Gasteiger partial charge in [-0.05, 0) is 49.2 Å². The fourth-order valence-corrected chi connectivity index (χ4v) is 4.19. The fraction of sp³-hybridized carbons (Fsp3) is 0.320. The van der Waals surface area contributed by atoms with Crippen LogP contribution in [0.15, 0.2) is 59.3 Å². The summed E-state index contributed by atoms with van der Waals surface area (Å²) in [5.74, 6) is 1.47. The summed E-state index contributed by atoms with van der Waals surface area (Å²) in [5.41, 5.74) is 3.34. The second-order valence-electron chi connectivity index (χ2n) is 8.21. The third-order valence-electron chi connectivity index (χ3n) is 6.09. The number of likely N-dealkylation sites (tertiary alicyclic amines) is 1. The number of amides is 1. The van der Waals surface area contributed by atoms with Gasteiger partial charge in [0, 0.05) is 31.5 Å². The van der Waals surface area contributed by atoms with Crippen LogP contribution in [0.1, 0.15) is 25.0 Å². The number of oxazole rings is 1. The summed E-state index contributed by atoms with van der Waals surface area (Å²) in [7, 11) is 1.63. The van der Waals surface area contributed by atoms with E-state index in [1.54, 1.807) is 13.4 Å². The van der Waals surface area contributed by atoms with Crippen LogP contribution in [0.3, 0.4) is 0 Å². The number of imidazole rings is 1. The van der Waals surface area contributed by atoms with Crippen LogP contribution in [0.5, 0.6) is 5.75 Å². The van der Waals surface area contributed by atoms with Crippen molar-refractivity contribution < 1.29 is 19.1 Å². The molecule has 0 saturated carbocycles. The molecule has 2 aromatic carbocycles. The molecule has 1 saturated heterocycles. The number of piperidine rings is 1. The summed E-state index contributed by atoms with van der Waals surface area (Å²) >= 11 is 0. The van der Waals surface area contributed by atoms with E-state index in [2.05, 4.69) is 4.98 Å². The van der Waals surface area contributed by atoms with Crippen molar-refractivity contribution in [2.45, 2.75) is 31.8 Å². The van der Waals surface area contributed by atoms with Gasteiger partial charge >= 0.3 is 6.01 Å². The topological polar surface area (TPSA) is 93.6 Å². The largest absolute Gasteiger partial charge is 0.497 e. The average molecular weight is 447 g/mol. The van der Waals surface area contributed by atoms with Crippen LogP contribution in [0.4, 0.5) is 0 Å². The molecule has 1 amide bonds. The van der Waals surface area contributed by atoms with Gasteiger partial charge in [0.15, 0.2) is 0 Å².